The summed E-state index contributed by atoms with van der Waals surface area (Å²) in [6.07, 6.45) is 15.4. The Bertz CT molecular complexity index is 1150. The molecule has 5 atom stereocenters. The first-order valence-electron chi connectivity index (χ1n) is 13.9. The highest BCUT2D eigenvalue weighted by molar-refractivity contribution is 6.22. The second-order valence-electron chi connectivity index (χ2n) is 11.5. The van der Waals surface area contributed by atoms with Gasteiger partial charge in [0.1, 0.15) is 31.9 Å². The molecule has 6 nitrogen and oxygen atoms in total. The molecule has 4 aliphatic rings. The summed E-state index contributed by atoms with van der Waals surface area (Å²) in [7, 11) is 2.22. The van der Waals surface area contributed by atoms with Crippen molar-refractivity contribution in [1.82, 2.24) is 5.32 Å². The van der Waals surface area contributed by atoms with Crippen molar-refractivity contribution in [2.45, 2.75) is 50.1 Å². The van der Waals surface area contributed by atoms with E-state index in [1.54, 1.807) is 0 Å². The monoisotopic (exact) mass is 539 g/mol. The van der Waals surface area contributed by atoms with Crippen molar-refractivity contribution < 1.29 is 23.9 Å². The number of ether oxygens (including phenoxy) is 2. The summed E-state index contributed by atoms with van der Waals surface area (Å²) >= 11 is 6.32. The Labute approximate surface area is 231 Å². The second kappa shape index (κ2) is 11.7. The number of allylic oxidation sites excluding steroid dienone is 8. The molecule has 2 aliphatic heterocycles. The van der Waals surface area contributed by atoms with Crippen LogP contribution in [0.3, 0.4) is 0 Å². The molecule has 1 aromatic rings. The van der Waals surface area contributed by atoms with Crippen LogP contribution < -0.4 is 14.8 Å². The van der Waals surface area contributed by atoms with E-state index in [9.17, 15) is 9.90 Å². The first-order valence-corrected chi connectivity index (χ1v) is 14.4. The number of alkyl halides is 1. The van der Waals surface area contributed by atoms with Crippen molar-refractivity contribution in [2.75, 3.05) is 39.9 Å². The third-order valence-electron chi connectivity index (χ3n) is 8.38. The molecule has 2 N–H and O–H groups in total. The number of hydrogen-bond donors (Lipinski definition) is 2. The number of aliphatic hydroxyl groups is 1. The highest BCUT2D eigenvalue weighted by atomic mass is 35.5. The van der Waals surface area contributed by atoms with Crippen LogP contribution in [0.25, 0.3) is 0 Å². The number of aliphatic hydroxyl groups excluding tert-OH is 1. The van der Waals surface area contributed by atoms with Crippen molar-refractivity contribution >= 4 is 17.5 Å². The summed E-state index contributed by atoms with van der Waals surface area (Å²) in [5.74, 6) is 1.64. The van der Waals surface area contributed by atoms with Crippen LogP contribution in [0.4, 0.5) is 0 Å². The zero-order valence-corrected chi connectivity index (χ0v) is 23.2. The first kappa shape index (κ1) is 27.0. The molecule has 2 heterocycles. The summed E-state index contributed by atoms with van der Waals surface area (Å²) in [5, 5.41) is 14.8. The average Bonchev–Trinajstić information content (AvgIpc) is 3.34. The van der Waals surface area contributed by atoms with Gasteiger partial charge in [-0.05, 0) is 47.1 Å². The highest BCUT2D eigenvalue weighted by Crippen LogP contribution is 2.35. The summed E-state index contributed by atoms with van der Waals surface area (Å²) in [6, 6.07) is 5.17. The maximum Gasteiger partial charge on any atom is 0.221 e. The Morgan fingerprint density at radius 2 is 1.95 bits per heavy atom. The fraction of sp³-hybridized carbons (Fsp3) is 0.516. The molecular formula is C31H40ClN2O4+. The molecule has 1 fully saturated rings. The lowest BCUT2D eigenvalue weighted by molar-refractivity contribution is -0.899. The number of amides is 1. The normalized spacial score (nSPS) is 27.3. The van der Waals surface area contributed by atoms with E-state index in [4.69, 9.17) is 21.1 Å². The molecule has 0 aromatic heterocycles. The van der Waals surface area contributed by atoms with Gasteiger partial charge in [0.25, 0.3) is 0 Å². The maximum atomic E-state index is 13.4. The quantitative estimate of drug-likeness (QED) is 0.366. The van der Waals surface area contributed by atoms with Crippen LogP contribution in [0, 0.1) is 11.8 Å². The number of hydrogen-bond acceptors (Lipinski definition) is 4. The van der Waals surface area contributed by atoms with Gasteiger partial charge in [-0.1, -0.05) is 49.4 Å². The van der Waals surface area contributed by atoms with E-state index in [2.05, 4.69) is 43.6 Å². The van der Waals surface area contributed by atoms with Crippen molar-refractivity contribution in [3.63, 3.8) is 0 Å². The van der Waals surface area contributed by atoms with E-state index < -0.39 is 12.1 Å². The number of likely N-dealkylation sites (N-methyl/N-ethyl adjacent to an activating group) is 1. The molecule has 5 rings (SSSR count). The lowest BCUT2D eigenvalue weighted by atomic mass is 9.81. The molecule has 0 saturated carbocycles. The van der Waals surface area contributed by atoms with Crippen LogP contribution in [0.15, 0.2) is 65.8 Å². The summed E-state index contributed by atoms with van der Waals surface area (Å²) in [6.45, 7) is 5.98. The van der Waals surface area contributed by atoms with Gasteiger partial charge < -0.3 is 24.4 Å². The van der Waals surface area contributed by atoms with E-state index in [1.165, 1.54) is 24.0 Å². The minimum Gasteiger partial charge on any atom is -0.486 e. The molecule has 204 valence electrons. The van der Waals surface area contributed by atoms with Gasteiger partial charge >= 0.3 is 0 Å². The number of carbonyl (C=O) groups is 1. The van der Waals surface area contributed by atoms with Crippen molar-refractivity contribution in [1.29, 1.82) is 0 Å². The molecule has 0 bridgehead atoms. The summed E-state index contributed by atoms with van der Waals surface area (Å²) < 4.78 is 12.2. The van der Waals surface area contributed by atoms with Gasteiger partial charge in [-0.25, -0.2) is 0 Å². The van der Waals surface area contributed by atoms with Gasteiger partial charge in [0.2, 0.25) is 5.91 Å². The molecule has 5 unspecified atom stereocenters. The zero-order valence-electron chi connectivity index (χ0n) is 22.4. The minimum absolute atomic E-state index is 0.0285. The Morgan fingerprint density at radius 3 is 2.68 bits per heavy atom. The van der Waals surface area contributed by atoms with E-state index in [1.807, 2.05) is 30.4 Å². The molecule has 1 aromatic carbocycles. The number of likely N-dealkylation sites (tertiary alicyclic amines) is 1. The van der Waals surface area contributed by atoms with Crippen molar-refractivity contribution in [3.8, 4) is 11.5 Å². The van der Waals surface area contributed by atoms with Crippen LogP contribution in [-0.2, 0) is 4.79 Å². The predicted octanol–water partition coefficient (Wildman–Crippen LogP) is 4.85. The Balaban J connectivity index is 1.27. The Kier molecular flexibility index (Phi) is 8.32. The Morgan fingerprint density at radius 1 is 1.18 bits per heavy atom. The van der Waals surface area contributed by atoms with E-state index in [0.29, 0.717) is 37.7 Å². The largest absolute Gasteiger partial charge is 0.486 e. The number of fused-ring (bicyclic) bond motifs is 1. The molecule has 2 aliphatic carbocycles. The Hall–Kier alpha value is -2.54. The smallest absolute Gasteiger partial charge is 0.221 e. The molecule has 1 amide bonds. The van der Waals surface area contributed by atoms with Crippen LogP contribution in [0.2, 0.25) is 0 Å². The fourth-order valence-corrected chi connectivity index (χ4v) is 6.37. The number of halogens is 1. The van der Waals surface area contributed by atoms with E-state index in [-0.39, 0.29) is 23.1 Å². The lowest BCUT2D eigenvalue weighted by Crippen LogP contribution is -2.54. The molecule has 0 radical (unpaired) electrons. The zero-order chi connectivity index (χ0) is 26.7. The van der Waals surface area contributed by atoms with Gasteiger partial charge in [0, 0.05) is 19.3 Å². The van der Waals surface area contributed by atoms with Crippen LogP contribution in [0.5, 0.6) is 11.5 Å². The van der Waals surface area contributed by atoms with Crippen molar-refractivity contribution in [3.05, 3.63) is 71.4 Å². The lowest BCUT2D eigenvalue weighted by Gasteiger charge is -2.36. The third kappa shape index (κ3) is 6.36. The van der Waals surface area contributed by atoms with Gasteiger partial charge in [0.05, 0.1) is 25.5 Å². The second-order valence-corrected chi connectivity index (χ2v) is 12.0. The minimum atomic E-state index is -0.842. The van der Waals surface area contributed by atoms with Crippen molar-refractivity contribution in [2.24, 2.45) is 11.8 Å². The molecular weight excluding hydrogens is 500 g/mol. The van der Waals surface area contributed by atoms with Gasteiger partial charge in [0.15, 0.2) is 11.5 Å². The number of nitrogens with one attached hydrogen (secondary N) is 1. The average molecular weight is 540 g/mol. The van der Waals surface area contributed by atoms with Gasteiger partial charge in [-0.3, -0.25) is 4.79 Å². The standard InChI is InChI=1S/C31H39ClN2O4/c1-21-16-24(23-6-5-7-26(32)17-23)9-8-22(21)19-30(35)33-27(20-34(2)12-3-4-13-34)31(36)25-10-11-28-29(18-25)38-15-14-37-28/h5-11,16,18,21-22,26-27,31,36H,3-4,12-15,17,19-20H2,1-2H3/p+1. The third-order valence-corrected chi connectivity index (χ3v) is 8.68. The van der Waals surface area contributed by atoms with Crippen LogP contribution >= 0.6 is 11.6 Å². The van der Waals surface area contributed by atoms with Gasteiger partial charge in [-0.15, -0.1) is 11.6 Å². The number of benzene rings is 1. The first-order chi connectivity index (χ1) is 18.3. The molecule has 1 saturated heterocycles. The van der Waals surface area contributed by atoms with E-state index in [0.717, 1.165) is 29.6 Å². The predicted molar refractivity (Wildman–Crippen MR) is 150 cm³/mol. The summed E-state index contributed by atoms with van der Waals surface area (Å²) in [5.41, 5.74) is 3.17. The fourth-order valence-electron chi connectivity index (χ4n) is 6.12. The molecule has 7 heteroatoms. The number of rotatable bonds is 8. The topological polar surface area (TPSA) is 67.8 Å². The SMILES string of the molecule is CC1C=C(C2=CC=CC(Cl)C2)C=CC1CC(=O)NC(C[N+]1(C)CCCC1)C(O)c1ccc2c(c1)OCCO2. The number of nitrogens with zero attached hydrogens (tertiary/aromatic N) is 1. The van der Waals surface area contributed by atoms with Gasteiger partial charge in [-0.2, -0.15) is 0 Å². The maximum absolute atomic E-state index is 13.4. The number of carbonyl (C=O) groups excluding carboxylic acids is 1. The van der Waals surface area contributed by atoms with Crippen LogP contribution in [-0.4, -0.2) is 66.8 Å². The highest BCUT2D eigenvalue weighted by Gasteiger charge is 2.36. The van der Waals surface area contributed by atoms with Crippen LogP contribution in [0.1, 0.15) is 44.3 Å². The molecule has 38 heavy (non-hydrogen) atoms. The summed E-state index contributed by atoms with van der Waals surface area (Å²) in [4.78, 5) is 13.4. The van der Waals surface area contributed by atoms with E-state index >= 15 is 0 Å². The molecule has 0 spiro atoms. The number of quaternary nitrogens is 1.